The summed E-state index contributed by atoms with van der Waals surface area (Å²) in [5.41, 5.74) is 1.32. The number of sulfonamides is 1. The van der Waals surface area contributed by atoms with Crippen LogP contribution in [0.5, 0.6) is 0 Å². The summed E-state index contributed by atoms with van der Waals surface area (Å²) in [5, 5.41) is 0.504. The van der Waals surface area contributed by atoms with E-state index >= 15 is 0 Å². The summed E-state index contributed by atoms with van der Waals surface area (Å²) in [6, 6.07) is 11.5. The number of hydrogen-bond donors (Lipinski definition) is 2. The first kappa shape index (κ1) is 15.2. The molecule has 3 rings (SSSR count). The van der Waals surface area contributed by atoms with Gasteiger partial charge in [-0.1, -0.05) is 41.1 Å². The molecule has 0 aliphatic carbocycles. The van der Waals surface area contributed by atoms with E-state index in [1.807, 2.05) is 0 Å². The second kappa shape index (κ2) is 5.85. The topological polar surface area (TPSA) is 79.0 Å². The van der Waals surface area contributed by atoms with Crippen LogP contribution in [0.3, 0.4) is 0 Å². The predicted molar refractivity (Wildman–Crippen MR) is 87.9 cm³/mol. The van der Waals surface area contributed by atoms with Crippen LogP contribution in [0.4, 0.5) is 0 Å². The predicted octanol–water partition coefficient (Wildman–Crippen LogP) is 2.72. The minimum atomic E-state index is -3.68. The number of halogens is 1. The molecular formula is C14H11ClN2O3S2. The Kier molecular flexibility index (Phi) is 4.05. The first-order chi connectivity index (χ1) is 10.5. The summed E-state index contributed by atoms with van der Waals surface area (Å²) in [6.07, 6.45) is 0. The molecule has 8 heteroatoms. The van der Waals surface area contributed by atoms with Gasteiger partial charge in [0.05, 0.1) is 15.1 Å². The summed E-state index contributed by atoms with van der Waals surface area (Å²) in [7, 11) is -3.68. The Morgan fingerprint density at radius 1 is 1.18 bits per heavy atom. The highest BCUT2D eigenvalue weighted by molar-refractivity contribution is 7.89. The van der Waals surface area contributed by atoms with Crippen LogP contribution >= 0.6 is 22.9 Å². The second-order valence-corrected chi connectivity index (χ2v) is 7.78. The van der Waals surface area contributed by atoms with Crippen molar-refractivity contribution in [3.05, 3.63) is 62.7 Å². The molecule has 0 bridgehead atoms. The van der Waals surface area contributed by atoms with E-state index in [2.05, 4.69) is 9.71 Å². The number of fused-ring (bicyclic) bond motifs is 1. The maximum absolute atomic E-state index is 12.3. The third kappa shape index (κ3) is 3.07. The monoisotopic (exact) mass is 354 g/mol. The molecule has 3 aromatic rings. The van der Waals surface area contributed by atoms with Gasteiger partial charge in [0.1, 0.15) is 0 Å². The van der Waals surface area contributed by atoms with Gasteiger partial charge in [-0.3, -0.25) is 4.79 Å². The van der Waals surface area contributed by atoms with Crippen LogP contribution in [-0.2, 0) is 16.6 Å². The highest BCUT2D eigenvalue weighted by atomic mass is 35.5. The van der Waals surface area contributed by atoms with E-state index in [9.17, 15) is 13.2 Å². The van der Waals surface area contributed by atoms with Crippen LogP contribution in [0.1, 0.15) is 5.56 Å². The van der Waals surface area contributed by atoms with E-state index in [0.29, 0.717) is 20.8 Å². The lowest BCUT2D eigenvalue weighted by Gasteiger charge is -2.08. The Morgan fingerprint density at radius 3 is 2.73 bits per heavy atom. The lowest BCUT2D eigenvalue weighted by Crippen LogP contribution is -2.23. The first-order valence-electron chi connectivity index (χ1n) is 6.32. The number of rotatable bonds is 4. The average molecular weight is 355 g/mol. The maximum atomic E-state index is 12.3. The molecule has 22 heavy (non-hydrogen) atoms. The fraction of sp³-hybridized carbons (Fsp3) is 0.0714. The minimum Gasteiger partial charge on any atom is -0.312 e. The molecule has 0 spiro atoms. The molecule has 0 unspecified atom stereocenters. The third-order valence-corrected chi connectivity index (χ3v) is 5.73. The van der Waals surface area contributed by atoms with Crippen molar-refractivity contribution < 1.29 is 8.42 Å². The fourth-order valence-corrected chi connectivity index (χ4v) is 4.08. The molecule has 0 fully saturated rings. The van der Waals surface area contributed by atoms with Gasteiger partial charge in [0.25, 0.3) is 0 Å². The van der Waals surface area contributed by atoms with Crippen molar-refractivity contribution >= 4 is 43.2 Å². The maximum Gasteiger partial charge on any atom is 0.305 e. The smallest absolute Gasteiger partial charge is 0.305 e. The van der Waals surface area contributed by atoms with Crippen LogP contribution in [-0.4, -0.2) is 13.4 Å². The Labute approximate surface area is 135 Å². The summed E-state index contributed by atoms with van der Waals surface area (Å²) in [4.78, 5) is 13.8. The Hall–Kier alpha value is -1.67. The zero-order valence-corrected chi connectivity index (χ0v) is 13.6. The molecule has 1 heterocycles. The number of benzene rings is 2. The van der Waals surface area contributed by atoms with Gasteiger partial charge in [-0.15, -0.1) is 0 Å². The summed E-state index contributed by atoms with van der Waals surface area (Å²) >= 11 is 6.98. The van der Waals surface area contributed by atoms with Crippen molar-refractivity contribution in [1.82, 2.24) is 9.71 Å². The molecular weight excluding hydrogens is 344 g/mol. The number of thiazole rings is 1. The average Bonchev–Trinajstić information content (AvgIpc) is 2.85. The molecule has 5 nitrogen and oxygen atoms in total. The van der Waals surface area contributed by atoms with Crippen molar-refractivity contribution in [2.75, 3.05) is 0 Å². The van der Waals surface area contributed by atoms with Gasteiger partial charge in [0.15, 0.2) is 0 Å². The molecule has 0 radical (unpaired) electrons. The van der Waals surface area contributed by atoms with Crippen LogP contribution in [0, 0.1) is 0 Å². The molecule has 0 aliphatic rings. The van der Waals surface area contributed by atoms with Gasteiger partial charge in [-0.05, 0) is 29.8 Å². The minimum absolute atomic E-state index is 0.101. The van der Waals surface area contributed by atoms with Gasteiger partial charge >= 0.3 is 4.87 Å². The molecule has 0 atom stereocenters. The molecule has 0 aliphatic heterocycles. The molecule has 0 saturated heterocycles. The summed E-state index contributed by atoms with van der Waals surface area (Å²) < 4.78 is 27.8. The number of nitrogens with one attached hydrogen (secondary N) is 2. The third-order valence-electron chi connectivity index (χ3n) is 3.11. The van der Waals surface area contributed by atoms with E-state index in [0.717, 1.165) is 11.3 Å². The van der Waals surface area contributed by atoms with Crippen molar-refractivity contribution in [3.8, 4) is 0 Å². The second-order valence-electron chi connectivity index (χ2n) is 4.59. The van der Waals surface area contributed by atoms with Gasteiger partial charge in [-0.25, -0.2) is 13.1 Å². The largest absolute Gasteiger partial charge is 0.312 e. The fourth-order valence-electron chi connectivity index (χ4n) is 1.99. The Bertz CT molecular complexity index is 992. The van der Waals surface area contributed by atoms with Gasteiger partial charge in [-0.2, -0.15) is 0 Å². The number of aromatic nitrogens is 1. The van der Waals surface area contributed by atoms with Crippen molar-refractivity contribution in [3.63, 3.8) is 0 Å². The Balaban J connectivity index is 1.88. The standard InChI is InChI=1S/C14H11ClN2O3S2/c15-11-4-2-1-3-9(11)8-16-22(19,20)10-5-6-12-13(7-10)21-14(18)17-12/h1-7,16H,8H2,(H,17,18). The summed E-state index contributed by atoms with van der Waals surface area (Å²) in [6.45, 7) is 0.101. The van der Waals surface area contributed by atoms with E-state index in [-0.39, 0.29) is 16.3 Å². The lowest BCUT2D eigenvalue weighted by molar-refractivity contribution is 0.581. The highest BCUT2D eigenvalue weighted by Gasteiger charge is 2.15. The molecule has 1 aromatic heterocycles. The van der Waals surface area contributed by atoms with Crippen molar-refractivity contribution in [1.29, 1.82) is 0 Å². The van der Waals surface area contributed by atoms with E-state index in [1.54, 1.807) is 30.3 Å². The number of hydrogen-bond acceptors (Lipinski definition) is 4. The first-order valence-corrected chi connectivity index (χ1v) is 8.99. The SMILES string of the molecule is O=c1[nH]c2ccc(S(=O)(=O)NCc3ccccc3Cl)cc2s1. The quantitative estimate of drug-likeness (QED) is 0.756. The van der Waals surface area contributed by atoms with Crippen LogP contribution in [0.25, 0.3) is 10.2 Å². The zero-order valence-electron chi connectivity index (χ0n) is 11.2. The number of H-pyrrole nitrogens is 1. The molecule has 2 aromatic carbocycles. The van der Waals surface area contributed by atoms with Crippen LogP contribution < -0.4 is 9.60 Å². The van der Waals surface area contributed by atoms with E-state index in [1.165, 1.54) is 12.1 Å². The van der Waals surface area contributed by atoms with E-state index < -0.39 is 10.0 Å². The van der Waals surface area contributed by atoms with Gasteiger partial charge < -0.3 is 4.98 Å². The molecule has 2 N–H and O–H groups in total. The van der Waals surface area contributed by atoms with Crippen molar-refractivity contribution in [2.24, 2.45) is 0 Å². The highest BCUT2D eigenvalue weighted by Crippen LogP contribution is 2.20. The van der Waals surface area contributed by atoms with E-state index in [4.69, 9.17) is 11.6 Å². The molecule has 0 saturated carbocycles. The summed E-state index contributed by atoms with van der Waals surface area (Å²) in [5.74, 6) is 0. The lowest BCUT2D eigenvalue weighted by atomic mass is 10.2. The molecule has 0 amide bonds. The normalized spacial score (nSPS) is 11.9. The van der Waals surface area contributed by atoms with Gasteiger partial charge in [0.2, 0.25) is 10.0 Å². The zero-order chi connectivity index (χ0) is 15.7. The van der Waals surface area contributed by atoms with Crippen molar-refractivity contribution in [2.45, 2.75) is 11.4 Å². The molecule has 114 valence electrons. The Morgan fingerprint density at radius 2 is 1.95 bits per heavy atom. The number of aromatic amines is 1. The van der Waals surface area contributed by atoms with Crippen LogP contribution in [0.15, 0.2) is 52.2 Å². The van der Waals surface area contributed by atoms with Crippen LogP contribution in [0.2, 0.25) is 5.02 Å². The van der Waals surface area contributed by atoms with Gasteiger partial charge in [0, 0.05) is 11.6 Å².